The highest BCUT2D eigenvalue weighted by Gasteiger charge is 2.16. The Morgan fingerprint density at radius 3 is 2.71 bits per heavy atom. The Labute approximate surface area is 146 Å². The molecule has 0 unspecified atom stereocenters. The van der Waals surface area contributed by atoms with Gasteiger partial charge in [0.25, 0.3) is 0 Å². The summed E-state index contributed by atoms with van der Waals surface area (Å²) in [5, 5.41) is 3.17. The maximum atomic E-state index is 5.81. The van der Waals surface area contributed by atoms with Gasteiger partial charge in [-0.25, -0.2) is 4.99 Å². The van der Waals surface area contributed by atoms with Crippen LogP contribution in [-0.2, 0) is 0 Å². The maximum absolute atomic E-state index is 5.81. The molecule has 3 N–H and O–H groups in total. The van der Waals surface area contributed by atoms with Crippen molar-refractivity contribution in [2.45, 2.75) is 20.3 Å². The number of nitrogens with two attached hydrogens (primary N) is 1. The van der Waals surface area contributed by atoms with Crippen LogP contribution in [0.1, 0.15) is 18.9 Å². The molecule has 132 valence electrons. The molecule has 1 aliphatic rings. The smallest absolute Gasteiger partial charge is 0.188 e. The number of piperazine rings is 1. The van der Waals surface area contributed by atoms with E-state index in [0.29, 0.717) is 12.5 Å². The predicted molar refractivity (Wildman–Crippen MR) is 104 cm³/mol. The van der Waals surface area contributed by atoms with Crippen molar-refractivity contribution in [3.8, 4) is 0 Å². The molecule has 1 saturated heterocycles. The number of guanidine groups is 1. The van der Waals surface area contributed by atoms with Crippen LogP contribution in [0.15, 0.2) is 41.4 Å². The van der Waals surface area contributed by atoms with Crippen LogP contribution in [0.25, 0.3) is 0 Å². The number of aryl methyl sites for hydroxylation is 1. The molecule has 0 radical (unpaired) electrons. The molecule has 1 fully saturated rings. The summed E-state index contributed by atoms with van der Waals surface area (Å²) in [7, 11) is 0. The van der Waals surface area contributed by atoms with Crippen LogP contribution in [0.5, 0.6) is 0 Å². The van der Waals surface area contributed by atoms with Crippen LogP contribution in [0.2, 0.25) is 0 Å². The number of benzene rings is 1. The first-order valence-electron chi connectivity index (χ1n) is 8.77. The number of aliphatic imine (C=N–C) groups is 1. The van der Waals surface area contributed by atoms with Crippen molar-refractivity contribution in [3.63, 3.8) is 0 Å². The molecule has 0 saturated carbocycles. The van der Waals surface area contributed by atoms with Gasteiger partial charge in [0.2, 0.25) is 0 Å². The van der Waals surface area contributed by atoms with E-state index in [-0.39, 0.29) is 0 Å². The van der Waals surface area contributed by atoms with Gasteiger partial charge in [0, 0.05) is 38.4 Å². The van der Waals surface area contributed by atoms with Gasteiger partial charge in [-0.15, -0.1) is 0 Å². The fourth-order valence-electron chi connectivity index (χ4n) is 2.85. The maximum Gasteiger partial charge on any atom is 0.188 e. The lowest BCUT2D eigenvalue weighted by atomic mass is 10.2. The fourth-order valence-corrected chi connectivity index (χ4v) is 2.85. The minimum atomic E-state index is 0.516. The van der Waals surface area contributed by atoms with Gasteiger partial charge >= 0.3 is 0 Å². The van der Waals surface area contributed by atoms with E-state index < -0.39 is 0 Å². The lowest BCUT2D eigenvalue weighted by Crippen LogP contribution is -2.47. The van der Waals surface area contributed by atoms with Crippen molar-refractivity contribution in [3.05, 3.63) is 42.0 Å². The lowest BCUT2D eigenvalue weighted by Gasteiger charge is -2.36. The summed E-state index contributed by atoms with van der Waals surface area (Å²) in [5.41, 5.74) is 9.50. The second-order valence-corrected chi connectivity index (χ2v) is 6.61. The molecule has 24 heavy (non-hydrogen) atoms. The molecule has 1 aromatic carbocycles. The van der Waals surface area contributed by atoms with Crippen molar-refractivity contribution in [1.82, 2.24) is 10.2 Å². The number of anilines is 1. The Bertz CT molecular complexity index is 559. The molecule has 5 nitrogen and oxygen atoms in total. The molecule has 1 heterocycles. The zero-order valence-electron chi connectivity index (χ0n) is 15.1. The molecular weight excluding hydrogens is 298 g/mol. The summed E-state index contributed by atoms with van der Waals surface area (Å²) in [6.45, 7) is 14.9. The minimum Gasteiger partial charge on any atom is -0.370 e. The number of hydrogen-bond donors (Lipinski definition) is 2. The highest BCUT2D eigenvalue weighted by Crippen LogP contribution is 2.17. The van der Waals surface area contributed by atoms with Gasteiger partial charge in [0.1, 0.15) is 0 Å². The van der Waals surface area contributed by atoms with Crippen LogP contribution >= 0.6 is 0 Å². The molecule has 0 aliphatic carbocycles. The Morgan fingerprint density at radius 2 is 2.04 bits per heavy atom. The minimum absolute atomic E-state index is 0.516. The molecule has 1 aliphatic heterocycles. The Balaban J connectivity index is 1.63. The molecule has 0 aromatic heterocycles. The van der Waals surface area contributed by atoms with Crippen LogP contribution in [-0.4, -0.2) is 56.7 Å². The van der Waals surface area contributed by atoms with Gasteiger partial charge in [-0.2, -0.15) is 0 Å². The summed E-state index contributed by atoms with van der Waals surface area (Å²) < 4.78 is 0. The lowest BCUT2D eigenvalue weighted by molar-refractivity contribution is 0.255. The van der Waals surface area contributed by atoms with E-state index in [1.165, 1.54) is 11.3 Å². The quantitative estimate of drug-likeness (QED) is 0.348. The van der Waals surface area contributed by atoms with Gasteiger partial charge in [-0.05, 0) is 44.5 Å². The first kappa shape index (κ1) is 18.3. The van der Waals surface area contributed by atoms with E-state index in [4.69, 9.17) is 5.73 Å². The number of hydrogen-bond acceptors (Lipinski definition) is 3. The van der Waals surface area contributed by atoms with Crippen LogP contribution in [0.4, 0.5) is 5.69 Å². The van der Waals surface area contributed by atoms with Crippen LogP contribution in [0.3, 0.4) is 0 Å². The van der Waals surface area contributed by atoms with Gasteiger partial charge in [0.05, 0.1) is 6.54 Å². The second-order valence-electron chi connectivity index (χ2n) is 6.61. The third kappa shape index (κ3) is 6.24. The average molecular weight is 329 g/mol. The molecule has 1 aromatic rings. The highest BCUT2D eigenvalue weighted by molar-refractivity contribution is 5.77. The summed E-state index contributed by atoms with van der Waals surface area (Å²) >= 11 is 0. The topological polar surface area (TPSA) is 56.9 Å². The zero-order chi connectivity index (χ0) is 17.4. The number of rotatable bonds is 7. The van der Waals surface area contributed by atoms with E-state index in [1.807, 2.05) is 6.92 Å². The third-order valence-corrected chi connectivity index (χ3v) is 4.22. The SMILES string of the molecule is C=C(C)CN=C(N)NCCCN1CCN(c2cccc(C)c2)CC1. The average Bonchev–Trinajstić information content (AvgIpc) is 2.57. The van der Waals surface area contributed by atoms with Crippen molar-refractivity contribution < 1.29 is 0 Å². The molecular formula is C19H31N5. The van der Waals surface area contributed by atoms with Gasteiger partial charge < -0.3 is 16.0 Å². The van der Waals surface area contributed by atoms with E-state index in [2.05, 4.69) is 57.9 Å². The van der Waals surface area contributed by atoms with Crippen molar-refractivity contribution in [2.24, 2.45) is 10.7 Å². The summed E-state index contributed by atoms with van der Waals surface area (Å²) in [5.74, 6) is 0.516. The van der Waals surface area contributed by atoms with Gasteiger partial charge in [-0.3, -0.25) is 4.90 Å². The second kappa shape index (κ2) is 9.33. The molecule has 0 amide bonds. The van der Waals surface area contributed by atoms with E-state index >= 15 is 0 Å². The summed E-state index contributed by atoms with van der Waals surface area (Å²) in [4.78, 5) is 9.22. The molecule has 0 spiro atoms. The normalized spacial score (nSPS) is 16.2. The Kier molecular flexibility index (Phi) is 7.12. The van der Waals surface area contributed by atoms with Crippen LogP contribution < -0.4 is 16.0 Å². The molecule has 0 bridgehead atoms. The highest BCUT2D eigenvalue weighted by atomic mass is 15.3. The van der Waals surface area contributed by atoms with Crippen molar-refractivity contribution in [2.75, 3.05) is 50.7 Å². The third-order valence-electron chi connectivity index (χ3n) is 4.22. The number of nitrogens with zero attached hydrogens (tertiary/aromatic N) is 3. The monoisotopic (exact) mass is 329 g/mol. The first-order chi connectivity index (χ1) is 11.5. The molecule has 0 atom stereocenters. The summed E-state index contributed by atoms with van der Waals surface area (Å²) in [6, 6.07) is 8.77. The fraction of sp³-hybridized carbons (Fsp3) is 0.526. The predicted octanol–water partition coefficient (Wildman–Crippen LogP) is 1.99. The van der Waals surface area contributed by atoms with Crippen molar-refractivity contribution >= 4 is 11.6 Å². The van der Waals surface area contributed by atoms with Crippen LogP contribution in [0, 0.1) is 6.92 Å². The zero-order valence-corrected chi connectivity index (χ0v) is 15.1. The molecule has 2 rings (SSSR count). The standard InChI is InChI=1S/C19H31N5/c1-16(2)15-22-19(20)21-8-5-9-23-10-12-24(13-11-23)18-7-4-6-17(3)14-18/h4,6-7,14H,1,5,8-13,15H2,2-3H3,(H3,20,21,22). The van der Waals surface area contributed by atoms with E-state index in [0.717, 1.165) is 51.3 Å². The van der Waals surface area contributed by atoms with Gasteiger partial charge in [0.15, 0.2) is 5.96 Å². The number of nitrogens with one attached hydrogen (secondary N) is 1. The summed E-state index contributed by atoms with van der Waals surface area (Å²) in [6.07, 6.45) is 1.08. The van der Waals surface area contributed by atoms with Crippen molar-refractivity contribution in [1.29, 1.82) is 0 Å². The Morgan fingerprint density at radius 1 is 1.29 bits per heavy atom. The molecule has 5 heteroatoms. The first-order valence-corrected chi connectivity index (χ1v) is 8.77. The Hall–Kier alpha value is -2.01. The van der Waals surface area contributed by atoms with E-state index in [9.17, 15) is 0 Å². The van der Waals surface area contributed by atoms with E-state index in [1.54, 1.807) is 0 Å². The largest absolute Gasteiger partial charge is 0.370 e. The van der Waals surface area contributed by atoms with Gasteiger partial charge in [-0.1, -0.05) is 24.3 Å².